The molecule has 3 N–H and O–H groups in total. The van der Waals surface area contributed by atoms with E-state index in [2.05, 4.69) is 19.2 Å². The number of carbonyl (C=O) groups is 1. The fourth-order valence-electron chi connectivity index (χ4n) is 2.07. The molecule has 0 fully saturated rings. The first-order chi connectivity index (χ1) is 9.50. The highest BCUT2D eigenvalue weighted by molar-refractivity contribution is 6.31. The molecule has 0 aromatic heterocycles. The Morgan fingerprint density at radius 3 is 2.60 bits per heavy atom. The number of anilines is 1. The number of hydrogen-bond acceptors (Lipinski definition) is 2. The summed E-state index contributed by atoms with van der Waals surface area (Å²) in [5, 5.41) is 3.44. The average Bonchev–Trinajstić information content (AvgIpc) is 2.37. The van der Waals surface area contributed by atoms with Crippen LogP contribution in [-0.2, 0) is 0 Å². The molecule has 0 radical (unpaired) electrons. The van der Waals surface area contributed by atoms with Crippen molar-refractivity contribution < 1.29 is 4.79 Å². The number of nitrogens with two attached hydrogens (primary N) is 1. The molecule has 112 valence electrons. The summed E-state index contributed by atoms with van der Waals surface area (Å²) in [6.45, 7) is 5.19. The molecule has 3 nitrogen and oxygen atoms in total. The number of nitrogens with one attached hydrogen (secondary N) is 1. The molecule has 0 spiro atoms. The summed E-state index contributed by atoms with van der Waals surface area (Å²) >= 11 is 5.81. The Morgan fingerprint density at radius 2 is 1.95 bits per heavy atom. The van der Waals surface area contributed by atoms with Crippen LogP contribution in [0.25, 0.3) is 0 Å². The minimum absolute atomic E-state index is 0.124. The lowest BCUT2D eigenvalue weighted by molar-refractivity contribution is 0.0954. The lowest BCUT2D eigenvalue weighted by atomic mass is 10.0. The second-order valence-corrected chi connectivity index (χ2v) is 6.02. The third kappa shape index (κ3) is 6.29. The van der Waals surface area contributed by atoms with Gasteiger partial charge in [-0.2, -0.15) is 0 Å². The van der Waals surface area contributed by atoms with Crippen molar-refractivity contribution in [3.8, 4) is 0 Å². The number of hydrogen-bond donors (Lipinski definition) is 2. The van der Waals surface area contributed by atoms with E-state index in [9.17, 15) is 4.79 Å². The van der Waals surface area contributed by atoms with Gasteiger partial charge in [0, 0.05) is 17.3 Å². The van der Waals surface area contributed by atoms with Crippen molar-refractivity contribution in [1.29, 1.82) is 0 Å². The van der Waals surface area contributed by atoms with Crippen molar-refractivity contribution in [2.75, 3.05) is 12.3 Å². The number of amides is 1. The Hall–Kier alpha value is -1.22. The van der Waals surface area contributed by atoms with E-state index in [1.165, 1.54) is 19.3 Å². The van der Waals surface area contributed by atoms with Gasteiger partial charge >= 0.3 is 0 Å². The molecule has 1 amide bonds. The van der Waals surface area contributed by atoms with Crippen LogP contribution in [0.5, 0.6) is 0 Å². The minimum atomic E-state index is -0.124. The van der Waals surface area contributed by atoms with Crippen LogP contribution in [0.4, 0.5) is 5.69 Å². The van der Waals surface area contributed by atoms with Gasteiger partial charge in [0.2, 0.25) is 0 Å². The maximum atomic E-state index is 11.9. The van der Waals surface area contributed by atoms with E-state index in [1.807, 2.05) is 0 Å². The highest BCUT2D eigenvalue weighted by Crippen LogP contribution is 2.17. The molecule has 1 aromatic carbocycles. The lowest BCUT2D eigenvalue weighted by Gasteiger charge is -2.08. The van der Waals surface area contributed by atoms with Crippen molar-refractivity contribution in [3.63, 3.8) is 0 Å². The third-order valence-electron chi connectivity index (χ3n) is 3.25. The van der Waals surface area contributed by atoms with Crippen LogP contribution in [-0.4, -0.2) is 12.5 Å². The first kappa shape index (κ1) is 16.8. The number of unbranched alkanes of at least 4 members (excludes halogenated alkanes) is 3. The van der Waals surface area contributed by atoms with Gasteiger partial charge in [0.05, 0.1) is 5.56 Å². The molecule has 4 heteroatoms. The van der Waals surface area contributed by atoms with Gasteiger partial charge in [-0.25, -0.2) is 0 Å². The molecule has 1 aromatic rings. The van der Waals surface area contributed by atoms with E-state index in [1.54, 1.807) is 18.2 Å². The van der Waals surface area contributed by atoms with Gasteiger partial charge in [0.25, 0.3) is 5.91 Å². The van der Waals surface area contributed by atoms with Crippen molar-refractivity contribution >= 4 is 23.2 Å². The molecule has 0 unspecified atom stereocenters. The van der Waals surface area contributed by atoms with Crippen molar-refractivity contribution in [1.82, 2.24) is 5.32 Å². The van der Waals surface area contributed by atoms with Crippen LogP contribution >= 0.6 is 11.6 Å². The summed E-state index contributed by atoms with van der Waals surface area (Å²) in [4.78, 5) is 11.9. The van der Waals surface area contributed by atoms with E-state index in [0.29, 0.717) is 22.8 Å². The summed E-state index contributed by atoms with van der Waals surface area (Å²) < 4.78 is 0. The minimum Gasteiger partial charge on any atom is -0.398 e. The molecular formula is C16H25ClN2O. The molecule has 0 aliphatic rings. The van der Waals surface area contributed by atoms with Crippen molar-refractivity contribution in [2.24, 2.45) is 5.92 Å². The van der Waals surface area contributed by atoms with Crippen LogP contribution < -0.4 is 11.1 Å². The van der Waals surface area contributed by atoms with Crippen LogP contribution in [0.15, 0.2) is 18.2 Å². The number of benzene rings is 1. The zero-order chi connectivity index (χ0) is 15.0. The second-order valence-electron chi connectivity index (χ2n) is 5.58. The summed E-state index contributed by atoms with van der Waals surface area (Å²) in [7, 11) is 0. The average molecular weight is 297 g/mol. The Labute approximate surface area is 126 Å². The summed E-state index contributed by atoms with van der Waals surface area (Å²) in [6.07, 6.45) is 5.96. The quantitative estimate of drug-likeness (QED) is 0.556. The lowest BCUT2D eigenvalue weighted by Crippen LogP contribution is -2.25. The summed E-state index contributed by atoms with van der Waals surface area (Å²) in [5.41, 5.74) is 6.69. The zero-order valence-corrected chi connectivity index (χ0v) is 13.2. The molecule has 1 rings (SSSR count). The second kappa shape index (κ2) is 8.85. The largest absolute Gasteiger partial charge is 0.398 e. The normalized spacial score (nSPS) is 10.8. The highest BCUT2D eigenvalue weighted by Gasteiger charge is 2.08. The van der Waals surface area contributed by atoms with Crippen LogP contribution in [0.1, 0.15) is 56.3 Å². The fourth-order valence-corrected chi connectivity index (χ4v) is 2.25. The van der Waals surface area contributed by atoms with E-state index in [4.69, 9.17) is 17.3 Å². The van der Waals surface area contributed by atoms with Gasteiger partial charge in [-0.15, -0.1) is 0 Å². The molecule has 0 aliphatic carbocycles. The Bertz CT molecular complexity index is 432. The van der Waals surface area contributed by atoms with E-state index in [0.717, 1.165) is 18.8 Å². The van der Waals surface area contributed by atoms with Gasteiger partial charge in [-0.3, -0.25) is 4.79 Å². The monoisotopic (exact) mass is 296 g/mol. The van der Waals surface area contributed by atoms with Gasteiger partial charge in [-0.1, -0.05) is 51.1 Å². The first-order valence-electron chi connectivity index (χ1n) is 7.34. The maximum Gasteiger partial charge on any atom is 0.253 e. The fraction of sp³-hybridized carbons (Fsp3) is 0.562. The first-order valence-corrected chi connectivity index (χ1v) is 7.71. The van der Waals surface area contributed by atoms with Gasteiger partial charge in [0.15, 0.2) is 0 Å². The SMILES string of the molecule is CC(C)CCCCCCNC(=O)c1ccc(Cl)cc1N. The van der Waals surface area contributed by atoms with Crippen molar-refractivity contribution in [2.45, 2.75) is 46.0 Å². The van der Waals surface area contributed by atoms with Crippen molar-refractivity contribution in [3.05, 3.63) is 28.8 Å². The molecule has 0 aliphatic heterocycles. The molecule has 20 heavy (non-hydrogen) atoms. The Kier molecular flexibility index (Phi) is 7.45. The Balaban J connectivity index is 2.20. The summed E-state index contributed by atoms with van der Waals surface area (Å²) in [5.74, 6) is 0.656. The van der Waals surface area contributed by atoms with E-state index >= 15 is 0 Å². The number of rotatable bonds is 8. The van der Waals surface area contributed by atoms with Crippen LogP contribution in [0.2, 0.25) is 5.02 Å². The van der Waals surface area contributed by atoms with E-state index in [-0.39, 0.29) is 5.91 Å². The Morgan fingerprint density at radius 1 is 1.25 bits per heavy atom. The topological polar surface area (TPSA) is 55.1 Å². The van der Waals surface area contributed by atoms with Gasteiger partial charge < -0.3 is 11.1 Å². The number of nitrogen functional groups attached to an aromatic ring is 1. The molecule has 0 heterocycles. The zero-order valence-electron chi connectivity index (χ0n) is 12.4. The number of halogens is 1. The molecular weight excluding hydrogens is 272 g/mol. The molecule has 0 atom stereocenters. The van der Waals surface area contributed by atoms with E-state index < -0.39 is 0 Å². The highest BCUT2D eigenvalue weighted by atomic mass is 35.5. The predicted octanol–water partition coefficient (Wildman–Crippen LogP) is 4.26. The predicted molar refractivity (Wildman–Crippen MR) is 86.1 cm³/mol. The standard InChI is InChI=1S/C16H25ClN2O/c1-12(2)7-5-3-4-6-10-19-16(20)14-9-8-13(17)11-15(14)18/h8-9,11-12H,3-7,10,18H2,1-2H3,(H,19,20). The van der Waals surface area contributed by atoms with Gasteiger partial charge in [0.1, 0.15) is 0 Å². The van der Waals surface area contributed by atoms with Gasteiger partial charge in [-0.05, 0) is 30.5 Å². The number of carbonyl (C=O) groups excluding carboxylic acids is 1. The smallest absolute Gasteiger partial charge is 0.253 e. The summed E-state index contributed by atoms with van der Waals surface area (Å²) in [6, 6.07) is 4.94. The molecule has 0 saturated carbocycles. The third-order valence-corrected chi connectivity index (χ3v) is 3.49. The molecule has 0 bridgehead atoms. The van der Waals surface area contributed by atoms with Crippen LogP contribution in [0, 0.1) is 5.92 Å². The maximum absolute atomic E-state index is 11.9. The van der Waals surface area contributed by atoms with Crippen LogP contribution in [0.3, 0.4) is 0 Å². The molecule has 0 saturated heterocycles.